The first kappa shape index (κ1) is 13.5. The molecule has 0 N–H and O–H groups in total. The van der Waals surface area contributed by atoms with Crippen molar-refractivity contribution in [2.45, 2.75) is 44.7 Å². The van der Waals surface area contributed by atoms with E-state index >= 15 is 0 Å². The van der Waals surface area contributed by atoms with Crippen molar-refractivity contribution in [3.05, 3.63) is 39.7 Å². The Balaban J connectivity index is 1.78. The fraction of sp³-hybridized carbons (Fsp3) is 0.600. The predicted molar refractivity (Wildman–Crippen MR) is 73.8 cm³/mol. The number of hydrogen-bond acceptors (Lipinski definition) is 3. The highest BCUT2D eigenvalue weighted by molar-refractivity contribution is 5.36. The lowest BCUT2D eigenvalue weighted by Gasteiger charge is -2.31. The van der Waals surface area contributed by atoms with Crippen LogP contribution in [0.25, 0.3) is 0 Å². The normalized spacial score (nSPS) is 26.4. The standard InChI is InChI=1S/C15H19FN2O2/c16-15-12(5-3-7-14(15)18(19)20)10-17-9-8-11-4-1-2-6-13(11)17/h3,5,7,11,13H,1-2,4,6,8-10H2. The van der Waals surface area contributed by atoms with Crippen LogP contribution in [0, 0.1) is 21.8 Å². The lowest BCUT2D eigenvalue weighted by molar-refractivity contribution is -0.387. The fourth-order valence-electron chi connectivity index (χ4n) is 3.75. The third-order valence-corrected chi connectivity index (χ3v) is 4.75. The van der Waals surface area contributed by atoms with Crippen molar-refractivity contribution in [3.8, 4) is 0 Å². The van der Waals surface area contributed by atoms with Gasteiger partial charge in [0.15, 0.2) is 0 Å². The van der Waals surface area contributed by atoms with Crippen LogP contribution in [0.5, 0.6) is 0 Å². The summed E-state index contributed by atoms with van der Waals surface area (Å²) in [4.78, 5) is 12.5. The quantitative estimate of drug-likeness (QED) is 0.628. The molecule has 5 heteroatoms. The highest BCUT2D eigenvalue weighted by Crippen LogP contribution is 2.37. The second kappa shape index (κ2) is 5.48. The molecule has 2 aliphatic rings. The maximum absolute atomic E-state index is 14.1. The summed E-state index contributed by atoms with van der Waals surface area (Å²) in [5, 5.41) is 10.8. The fourth-order valence-corrected chi connectivity index (χ4v) is 3.75. The molecule has 1 aliphatic carbocycles. The van der Waals surface area contributed by atoms with Gasteiger partial charge in [0.25, 0.3) is 0 Å². The Morgan fingerprint density at radius 3 is 2.90 bits per heavy atom. The van der Waals surface area contributed by atoms with Crippen LogP contribution < -0.4 is 0 Å². The van der Waals surface area contributed by atoms with Gasteiger partial charge < -0.3 is 0 Å². The molecule has 1 saturated heterocycles. The minimum absolute atomic E-state index is 0.415. The van der Waals surface area contributed by atoms with Crippen molar-refractivity contribution in [1.29, 1.82) is 0 Å². The number of nitro groups is 1. The Morgan fingerprint density at radius 1 is 1.30 bits per heavy atom. The molecule has 2 unspecified atom stereocenters. The lowest BCUT2D eigenvalue weighted by atomic mass is 9.85. The summed E-state index contributed by atoms with van der Waals surface area (Å²) in [5.74, 6) is 0.0715. The Kier molecular flexibility index (Phi) is 3.70. The molecule has 0 amide bonds. The van der Waals surface area contributed by atoms with Crippen LogP contribution in [0.15, 0.2) is 18.2 Å². The van der Waals surface area contributed by atoms with E-state index < -0.39 is 16.4 Å². The summed E-state index contributed by atoms with van der Waals surface area (Å²) in [6.07, 6.45) is 6.19. The maximum atomic E-state index is 14.1. The molecule has 1 heterocycles. The monoisotopic (exact) mass is 278 g/mol. The molecule has 108 valence electrons. The van der Waals surface area contributed by atoms with Gasteiger partial charge in [-0.3, -0.25) is 15.0 Å². The van der Waals surface area contributed by atoms with Crippen molar-refractivity contribution in [2.24, 2.45) is 5.92 Å². The SMILES string of the molecule is O=[N+]([O-])c1cccc(CN2CCC3CCCCC32)c1F. The zero-order valence-electron chi connectivity index (χ0n) is 11.4. The second-order valence-corrected chi connectivity index (χ2v) is 5.88. The van der Waals surface area contributed by atoms with E-state index in [4.69, 9.17) is 0 Å². The van der Waals surface area contributed by atoms with Gasteiger partial charge in [-0.05, 0) is 31.7 Å². The zero-order valence-corrected chi connectivity index (χ0v) is 11.4. The minimum Gasteiger partial charge on any atom is -0.296 e. The summed E-state index contributed by atoms with van der Waals surface area (Å²) in [6.45, 7) is 1.48. The molecule has 1 saturated carbocycles. The third-order valence-electron chi connectivity index (χ3n) is 4.75. The number of likely N-dealkylation sites (tertiary alicyclic amines) is 1. The molecule has 0 bridgehead atoms. The van der Waals surface area contributed by atoms with Crippen LogP contribution in [0.1, 0.15) is 37.7 Å². The van der Waals surface area contributed by atoms with E-state index in [0.717, 1.165) is 12.5 Å². The molecular weight excluding hydrogens is 259 g/mol. The Morgan fingerprint density at radius 2 is 2.10 bits per heavy atom. The smallest absolute Gasteiger partial charge is 0.296 e. The first-order valence-electron chi connectivity index (χ1n) is 7.32. The van der Waals surface area contributed by atoms with Gasteiger partial charge in [-0.25, -0.2) is 0 Å². The van der Waals surface area contributed by atoms with Gasteiger partial charge in [-0.2, -0.15) is 4.39 Å². The van der Waals surface area contributed by atoms with Crippen LogP contribution >= 0.6 is 0 Å². The first-order valence-corrected chi connectivity index (χ1v) is 7.32. The molecule has 1 aromatic rings. The Labute approximate surface area is 117 Å². The summed E-state index contributed by atoms with van der Waals surface area (Å²) in [6, 6.07) is 5.01. The summed E-state index contributed by atoms with van der Waals surface area (Å²) >= 11 is 0. The molecule has 2 fully saturated rings. The molecule has 4 nitrogen and oxygen atoms in total. The van der Waals surface area contributed by atoms with Gasteiger partial charge in [-0.1, -0.05) is 25.0 Å². The molecule has 0 aromatic heterocycles. The van der Waals surface area contributed by atoms with Crippen molar-refractivity contribution in [3.63, 3.8) is 0 Å². The van der Waals surface area contributed by atoms with Gasteiger partial charge in [-0.15, -0.1) is 0 Å². The van der Waals surface area contributed by atoms with Crippen molar-refractivity contribution < 1.29 is 9.31 Å². The first-order chi connectivity index (χ1) is 9.66. The lowest BCUT2D eigenvalue weighted by Crippen LogP contribution is -2.34. The zero-order chi connectivity index (χ0) is 14.1. The average molecular weight is 278 g/mol. The van der Waals surface area contributed by atoms with Crippen molar-refractivity contribution >= 4 is 5.69 Å². The number of benzene rings is 1. The molecule has 0 radical (unpaired) electrons. The summed E-state index contributed by atoms with van der Waals surface area (Å²) in [7, 11) is 0. The maximum Gasteiger partial charge on any atom is 0.305 e. The topological polar surface area (TPSA) is 46.4 Å². The third kappa shape index (κ3) is 2.42. The van der Waals surface area contributed by atoms with Crippen LogP contribution in [0.3, 0.4) is 0 Å². The molecule has 1 aromatic carbocycles. The van der Waals surface area contributed by atoms with E-state index in [1.54, 1.807) is 12.1 Å². The van der Waals surface area contributed by atoms with E-state index in [-0.39, 0.29) is 0 Å². The van der Waals surface area contributed by atoms with Gasteiger partial charge in [0, 0.05) is 24.2 Å². The van der Waals surface area contributed by atoms with E-state index in [1.807, 2.05) is 0 Å². The van der Waals surface area contributed by atoms with Crippen LogP contribution in [-0.4, -0.2) is 22.4 Å². The van der Waals surface area contributed by atoms with Gasteiger partial charge in [0.05, 0.1) is 4.92 Å². The van der Waals surface area contributed by atoms with E-state index in [1.165, 1.54) is 38.2 Å². The summed E-state index contributed by atoms with van der Waals surface area (Å²) < 4.78 is 14.1. The molecule has 20 heavy (non-hydrogen) atoms. The molecule has 1 aliphatic heterocycles. The Bertz CT molecular complexity index is 521. The summed E-state index contributed by atoms with van der Waals surface area (Å²) in [5.41, 5.74) is 0.0346. The van der Waals surface area contributed by atoms with E-state index in [0.29, 0.717) is 18.2 Å². The molecule has 2 atom stereocenters. The number of nitro benzene ring substituents is 1. The largest absolute Gasteiger partial charge is 0.305 e. The van der Waals surface area contributed by atoms with E-state index in [9.17, 15) is 14.5 Å². The number of rotatable bonds is 3. The molecule has 0 spiro atoms. The second-order valence-electron chi connectivity index (χ2n) is 5.88. The van der Waals surface area contributed by atoms with Crippen molar-refractivity contribution in [1.82, 2.24) is 4.90 Å². The Hall–Kier alpha value is -1.49. The van der Waals surface area contributed by atoms with E-state index in [2.05, 4.69) is 4.90 Å². The number of fused-ring (bicyclic) bond motifs is 1. The van der Waals surface area contributed by atoms with Crippen LogP contribution in [0.2, 0.25) is 0 Å². The number of halogens is 1. The minimum atomic E-state index is -0.670. The van der Waals surface area contributed by atoms with Crippen LogP contribution in [-0.2, 0) is 6.54 Å². The predicted octanol–water partition coefficient (Wildman–Crippen LogP) is 3.50. The average Bonchev–Trinajstić information content (AvgIpc) is 2.84. The molecular formula is C15H19FN2O2. The highest BCUT2D eigenvalue weighted by Gasteiger charge is 2.36. The van der Waals surface area contributed by atoms with Crippen molar-refractivity contribution in [2.75, 3.05) is 6.54 Å². The highest BCUT2D eigenvalue weighted by atomic mass is 19.1. The van der Waals surface area contributed by atoms with Gasteiger partial charge in [0.1, 0.15) is 0 Å². The number of hydrogen-bond donors (Lipinski definition) is 0. The number of nitrogens with zero attached hydrogens (tertiary/aromatic N) is 2. The van der Waals surface area contributed by atoms with Gasteiger partial charge >= 0.3 is 5.69 Å². The van der Waals surface area contributed by atoms with Gasteiger partial charge in [0.2, 0.25) is 5.82 Å². The molecule has 3 rings (SSSR count). The van der Waals surface area contributed by atoms with Crippen LogP contribution in [0.4, 0.5) is 10.1 Å².